The van der Waals surface area contributed by atoms with E-state index < -0.39 is 12.1 Å². The van der Waals surface area contributed by atoms with Gasteiger partial charge in [0.2, 0.25) is 11.8 Å². The number of aromatic nitrogens is 1. The SMILES string of the molecule is CC[C@@H](C)[C@H](NC(=O)[C@@H]1Cc2c([nH]c3ccccc23)[C@H]2c3ccccc3C(=O)N21)C(=O)NCCCOC(C)C. The number of benzene rings is 2. The van der Waals surface area contributed by atoms with Gasteiger partial charge in [-0.15, -0.1) is 0 Å². The minimum absolute atomic E-state index is 0.0737. The highest BCUT2D eigenvalue weighted by Crippen LogP contribution is 2.46. The number of amides is 3. The first kappa shape index (κ1) is 26.9. The average molecular weight is 531 g/mol. The number of rotatable bonds is 10. The van der Waals surface area contributed by atoms with E-state index in [9.17, 15) is 14.4 Å². The van der Waals surface area contributed by atoms with Crippen LogP contribution in [0.15, 0.2) is 48.5 Å². The van der Waals surface area contributed by atoms with Crippen LogP contribution in [0.4, 0.5) is 0 Å². The van der Waals surface area contributed by atoms with Crippen LogP contribution in [0.25, 0.3) is 10.9 Å². The van der Waals surface area contributed by atoms with Gasteiger partial charge in [-0.1, -0.05) is 56.7 Å². The predicted octanol–water partition coefficient (Wildman–Crippen LogP) is 4.10. The van der Waals surface area contributed by atoms with Gasteiger partial charge in [0.15, 0.2) is 0 Å². The molecule has 0 radical (unpaired) electrons. The first-order valence-electron chi connectivity index (χ1n) is 14.0. The highest BCUT2D eigenvalue weighted by Gasteiger charge is 2.49. The Morgan fingerprint density at radius 3 is 2.62 bits per heavy atom. The van der Waals surface area contributed by atoms with E-state index in [2.05, 4.69) is 21.7 Å². The number of nitrogens with one attached hydrogen (secondary N) is 3. The van der Waals surface area contributed by atoms with Crippen molar-refractivity contribution in [3.8, 4) is 0 Å². The van der Waals surface area contributed by atoms with Crippen LogP contribution in [-0.2, 0) is 20.7 Å². The molecule has 3 aromatic rings. The summed E-state index contributed by atoms with van der Waals surface area (Å²) in [4.78, 5) is 46.1. The van der Waals surface area contributed by atoms with Crippen molar-refractivity contribution in [3.63, 3.8) is 0 Å². The Morgan fingerprint density at radius 1 is 1.10 bits per heavy atom. The standard InChI is InChI=1S/C31H38N4O4/c1-5-19(4)26(30(37)32-15-10-16-39-18(2)3)34-29(36)25-17-23-20-11-8-9-14-24(20)33-27(23)28-21-12-6-7-13-22(21)31(38)35(25)28/h6-9,11-14,18-19,25-26,28,33H,5,10,15-17H2,1-4H3,(H,32,37)(H,34,36)/t19-,25+,26+,28-/m1/s1. The van der Waals surface area contributed by atoms with E-state index in [1.54, 1.807) is 4.90 Å². The molecule has 3 heterocycles. The van der Waals surface area contributed by atoms with Crippen molar-refractivity contribution < 1.29 is 19.1 Å². The van der Waals surface area contributed by atoms with Crippen LogP contribution in [0, 0.1) is 5.92 Å². The second-order valence-electron chi connectivity index (χ2n) is 10.9. The zero-order valence-electron chi connectivity index (χ0n) is 23.1. The Kier molecular flexibility index (Phi) is 7.75. The number of carbonyl (C=O) groups is 3. The summed E-state index contributed by atoms with van der Waals surface area (Å²) < 4.78 is 5.56. The number of ether oxygens (including phenoxy) is 1. The fourth-order valence-corrected chi connectivity index (χ4v) is 5.80. The third kappa shape index (κ3) is 5.05. The van der Waals surface area contributed by atoms with Crippen molar-refractivity contribution in [1.82, 2.24) is 20.5 Å². The molecule has 8 nitrogen and oxygen atoms in total. The smallest absolute Gasteiger partial charge is 0.255 e. The number of hydrogen-bond donors (Lipinski definition) is 3. The summed E-state index contributed by atoms with van der Waals surface area (Å²) >= 11 is 0. The number of aromatic amines is 1. The Balaban J connectivity index is 1.42. The van der Waals surface area contributed by atoms with Crippen molar-refractivity contribution in [2.45, 2.75) is 71.2 Å². The molecule has 0 spiro atoms. The predicted molar refractivity (Wildman–Crippen MR) is 150 cm³/mol. The fraction of sp³-hybridized carbons (Fsp3) is 0.452. The summed E-state index contributed by atoms with van der Waals surface area (Å²) in [6.45, 7) is 8.95. The maximum absolute atomic E-state index is 14.0. The zero-order valence-corrected chi connectivity index (χ0v) is 23.1. The highest BCUT2D eigenvalue weighted by molar-refractivity contribution is 6.04. The van der Waals surface area contributed by atoms with Crippen LogP contribution in [0.2, 0.25) is 0 Å². The van der Waals surface area contributed by atoms with Gasteiger partial charge in [0.25, 0.3) is 5.91 Å². The summed E-state index contributed by atoms with van der Waals surface area (Å²) in [5.74, 6) is -0.746. The van der Waals surface area contributed by atoms with Gasteiger partial charge in [-0.05, 0) is 49.4 Å². The van der Waals surface area contributed by atoms with Crippen molar-refractivity contribution in [3.05, 3.63) is 70.9 Å². The minimum atomic E-state index is -0.736. The van der Waals surface area contributed by atoms with E-state index in [1.165, 1.54) is 0 Å². The van der Waals surface area contributed by atoms with Crippen LogP contribution in [0.3, 0.4) is 0 Å². The number of fused-ring (bicyclic) bond motifs is 7. The molecule has 2 aliphatic heterocycles. The molecule has 3 N–H and O–H groups in total. The van der Waals surface area contributed by atoms with Crippen molar-refractivity contribution in [1.29, 1.82) is 0 Å². The van der Waals surface area contributed by atoms with Gasteiger partial charge in [0.1, 0.15) is 12.1 Å². The normalized spacial score (nSPS) is 19.4. The summed E-state index contributed by atoms with van der Waals surface area (Å²) in [7, 11) is 0. The number of nitrogens with zero attached hydrogens (tertiary/aromatic N) is 1. The molecule has 39 heavy (non-hydrogen) atoms. The summed E-state index contributed by atoms with van der Waals surface area (Å²) in [6.07, 6.45) is 1.94. The number of para-hydroxylation sites is 1. The maximum Gasteiger partial charge on any atom is 0.255 e. The van der Waals surface area contributed by atoms with Crippen molar-refractivity contribution >= 4 is 28.6 Å². The number of hydrogen-bond acceptors (Lipinski definition) is 4. The Morgan fingerprint density at radius 2 is 1.85 bits per heavy atom. The number of carbonyl (C=O) groups excluding carboxylic acids is 3. The van der Waals surface area contributed by atoms with Crippen LogP contribution >= 0.6 is 0 Å². The lowest BCUT2D eigenvalue weighted by Gasteiger charge is -2.38. The van der Waals surface area contributed by atoms with Gasteiger partial charge in [0, 0.05) is 41.7 Å². The summed E-state index contributed by atoms with van der Waals surface area (Å²) in [5, 5.41) is 7.06. The molecule has 4 atom stereocenters. The monoisotopic (exact) mass is 530 g/mol. The first-order chi connectivity index (χ1) is 18.8. The van der Waals surface area contributed by atoms with Crippen LogP contribution in [0.5, 0.6) is 0 Å². The Bertz CT molecular complexity index is 1380. The second kappa shape index (κ2) is 11.2. The van der Waals surface area contributed by atoms with E-state index >= 15 is 0 Å². The molecular weight excluding hydrogens is 492 g/mol. The highest BCUT2D eigenvalue weighted by atomic mass is 16.5. The lowest BCUT2D eigenvalue weighted by Crippen LogP contribution is -2.58. The second-order valence-corrected chi connectivity index (χ2v) is 10.9. The van der Waals surface area contributed by atoms with E-state index in [4.69, 9.17) is 4.74 Å². The number of H-pyrrole nitrogens is 1. The quantitative estimate of drug-likeness (QED) is 0.344. The van der Waals surface area contributed by atoms with Crippen LogP contribution < -0.4 is 10.6 Å². The van der Waals surface area contributed by atoms with Crippen LogP contribution in [0.1, 0.15) is 73.8 Å². The fourth-order valence-electron chi connectivity index (χ4n) is 5.80. The van der Waals surface area contributed by atoms with Crippen LogP contribution in [-0.4, -0.2) is 58.9 Å². The summed E-state index contributed by atoms with van der Waals surface area (Å²) in [6, 6.07) is 13.8. The topological polar surface area (TPSA) is 104 Å². The van der Waals surface area contributed by atoms with E-state index in [0.717, 1.165) is 34.1 Å². The largest absolute Gasteiger partial charge is 0.379 e. The average Bonchev–Trinajstić information content (AvgIpc) is 3.45. The molecule has 0 fully saturated rings. The van der Waals surface area contributed by atoms with E-state index in [1.807, 2.05) is 70.2 Å². The molecule has 0 aliphatic carbocycles. The molecule has 5 rings (SSSR count). The molecule has 206 valence electrons. The minimum Gasteiger partial charge on any atom is -0.379 e. The molecule has 2 aromatic carbocycles. The Labute approximate surface area is 229 Å². The van der Waals surface area contributed by atoms with Gasteiger partial charge < -0.3 is 25.3 Å². The third-order valence-electron chi connectivity index (χ3n) is 8.02. The maximum atomic E-state index is 14.0. The van der Waals surface area contributed by atoms with Gasteiger partial charge in [0.05, 0.1) is 12.1 Å². The van der Waals surface area contributed by atoms with Gasteiger partial charge in [-0.2, -0.15) is 0 Å². The summed E-state index contributed by atoms with van der Waals surface area (Å²) in [5.41, 5.74) is 4.50. The molecule has 1 aromatic heterocycles. The molecule has 3 amide bonds. The zero-order chi connectivity index (χ0) is 27.7. The molecule has 0 unspecified atom stereocenters. The van der Waals surface area contributed by atoms with E-state index in [-0.39, 0.29) is 35.8 Å². The van der Waals surface area contributed by atoms with Crippen molar-refractivity contribution in [2.75, 3.05) is 13.2 Å². The van der Waals surface area contributed by atoms with Crippen molar-refractivity contribution in [2.24, 2.45) is 5.92 Å². The molecule has 8 heteroatoms. The van der Waals surface area contributed by atoms with Gasteiger partial charge >= 0.3 is 0 Å². The third-order valence-corrected chi connectivity index (χ3v) is 8.02. The molecule has 0 saturated heterocycles. The molecular formula is C31H38N4O4. The van der Waals surface area contributed by atoms with Gasteiger partial charge in [-0.3, -0.25) is 14.4 Å². The molecule has 2 aliphatic rings. The lowest BCUT2D eigenvalue weighted by atomic mass is 9.89. The van der Waals surface area contributed by atoms with E-state index in [0.29, 0.717) is 31.6 Å². The molecule has 0 saturated carbocycles. The first-order valence-corrected chi connectivity index (χ1v) is 14.0. The van der Waals surface area contributed by atoms with Gasteiger partial charge in [-0.25, -0.2) is 0 Å². The molecule has 0 bridgehead atoms. The Hall–Kier alpha value is -3.65. The lowest BCUT2D eigenvalue weighted by molar-refractivity contribution is -0.133.